The van der Waals surface area contributed by atoms with Gasteiger partial charge in [0.05, 0.1) is 0 Å². The van der Waals surface area contributed by atoms with Gasteiger partial charge in [-0.25, -0.2) is 0 Å². The van der Waals surface area contributed by atoms with Crippen molar-refractivity contribution in [3.05, 3.63) is 0 Å². The molecule has 0 aliphatic heterocycles. The van der Waals surface area contributed by atoms with E-state index in [-0.39, 0.29) is 0 Å². The quantitative estimate of drug-likeness (QED) is 0.0596. The Hall–Kier alpha value is -1.06. The van der Waals surface area contributed by atoms with E-state index in [0.717, 1.165) is 25.7 Å². The van der Waals surface area contributed by atoms with E-state index >= 15 is 0 Å². The fourth-order valence-electron chi connectivity index (χ4n) is 11.5. The Balaban J connectivity index is 3.08. The van der Waals surface area contributed by atoms with Crippen molar-refractivity contribution < 1.29 is 19.8 Å². The molecule has 72 heavy (non-hydrogen) atoms. The zero-order valence-electron chi connectivity index (χ0n) is 49.4. The third-order valence-corrected chi connectivity index (χ3v) is 16.5. The molecular formula is C68H134O4. The highest BCUT2D eigenvalue weighted by molar-refractivity contribution is 5.66. The summed E-state index contributed by atoms with van der Waals surface area (Å²) in [5.41, 5.74) is 0. The normalized spacial score (nSPS) is 11.6. The van der Waals surface area contributed by atoms with E-state index in [0.29, 0.717) is 12.8 Å². The van der Waals surface area contributed by atoms with Crippen LogP contribution in [0.2, 0.25) is 0 Å². The van der Waals surface area contributed by atoms with E-state index in [1.54, 1.807) is 0 Å². The Labute approximate surface area is 453 Å². The zero-order valence-corrected chi connectivity index (χ0v) is 49.4. The lowest BCUT2D eigenvalue weighted by Crippen LogP contribution is -1.93. The first-order valence-electron chi connectivity index (χ1n) is 34.1. The lowest BCUT2D eigenvalue weighted by Gasteiger charge is -2.05. The van der Waals surface area contributed by atoms with Crippen LogP contribution >= 0.6 is 0 Å². The molecule has 0 spiro atoms. The molecule has 0 aromatic rings. The van der Waals surface area contributed by atoms with E-state index in [2.05, 4.69) is 0 Å². The number of carboxylic acids is 2. The van der Waals surface area contributed by atoms with Crippen LogP contribution in [0.1, 0.15) is 424 Å². The van der Waals surface area contributed by atoms with E-state index in [9.17, 15) is 9.59 Å². The number of carboxylic acid groups (broad SMARTS) is 2. The predicted octanol–water partition coefficient (Wildman–Crippen LogP) is 24.9. The monoisotopic (exact) mass is 1020 g/mol. The summed E-state index contributed by atoms with van der Waals surface area (Å²) < 4.78 is 0. The number of unbranched alkanes of at least 4 members (excludes halogenated alkanes) is 63. The van der Waals surface area contributed by atoms with Crippen molar-refractivity contribution in [3.63, 3.8) is 0 Å². The molecule has 0 unspecified atom stereocenters. The second kappa shape index (κ2) is 66.1. The second-order valence-electron chi connectivity index (χ2n) is 23.9. The van der Waals surface area contributed by atoms with Crippen molar-refractivity contribution >= 4 is 11.9 Å². The Morgan fingerprint density at radius 1 is 0.125 bits per heavy atom. The Bertz CT molecular complexity index is 917. The highest BCUT2D eigenvalue weighted by Crippen LogP contribution is 2.20. The van der Waals surface area contributed by atoms with E-state index in [4.69, 9.17) is 10.2 Å². The molecule has 0 saturated heterocycles. The molecule has 0 aliphatic carbocycles. The minimum Gasteiger partial charge on any atom is -0.481 e. The maximum Gasteiger partial charge on any atom is 0.303 e. The minimum atomic E-state index is -0.647. The predicted molar refractivity (Wildman–Crippen MR) is 320 cm³/mol. The van der Waals surface area contributed by atoms with Crippen LogP contribution < -0.4 is 0 Å². The van der Waals surface area contributed by atoms with Gasteiger partial charge >= 0.3 is 11.9 Å². The van der Waals surface area contributed by atoms with E-state index in [1.807, 2.05) is 0 Å². The average molecular weight is 1020 g/mol. The van der Waals surface area contributed by atoms with Gasteiger partial charge in [-0.2, -0.15) is 0 Å². The SMILES string of the molecule is O=C(O)CCCCCCCCCCCCCCCCCCCCCCCCCCCCCCCCCCCCCCCCCCCCCCCCCCCCCCCCCCCCCCCCCCC(=O)O. The van der Waals surface area contributed by atoms with Gasteiger partial charge in [0, 0.05) is 12.8 Å². The molecule has 0 radical (unpaired) electrons. The summed E-state index contributed by atoms with van der Waals surface area (Å²) in [6.07, 6.45) is 91.2. The summed E-state index contributed by atoms with van der Waals surface area (Å²) in [6.45, 7) is 0. The minimum absolute atomic E-state index is 0.345. The van der Waals surface area contributed by atoms with Crippen molar-refractivity contribution in [2.24, 2.45) is 0 Å². The van der Waals surface area contributed by atoms with Crippen LogP contribution in [0, 0.1) is 0 Å². The van der Waals surface area contributed by atoms with Crippen molar-refractivity contribution in [2.45, 2.75) is 424 Å². The molecule has 0 bridgehead atoms. The number of rotatable bonds is 67. The first-order chi connectivity index (χ1) is 35.6. The van der Waals surface area contributed by atoms with Crippen molar-refractivity contribution in [1.29, 1.82) is 0 Å². The average Bonchev–Trinajstić information content (AvgIpc) is 3.37. The molecule has 0 aromatic carbocycles. The molecule has 4 nitrogen and oxygen atoms in total. The third-order valence-electron chi connectivity index (χ3n) is 16.5. The lowest BCUT2D eigenvalue weighted by atomic mass is 10.0. The molecule has 0 atom stereocenters. The number of hydrogen-bond acceptors (Lipinski definition) is 2. The van der Waals surface area contributed by atoms with Crippen LogP contribution in [0.25, 0.3) is 0 Å². The van der Waals surface area contributed by atoms with Gasteiger partial charge in [-0.05, 0) is 12.8 Å². The van der Waals surface area contributed by atoms with Crippen molar-refractivity contribution in [2.75, 3.05) is 0 Å². The van der Waals surface area contributed by atoms with Gasteiger partial charge < -0.3 is 10.2 Å². The van der Waals surface area contributed by atoms with E-state index in [1.165, 1.54) is 385 Å². The summed E-state index contributed by atoms with van der Waals surface area (Å²) in [5.74, 6) is -1.29. The summed E-state index contributed by atoms with van der Waals surface area (Å²) in [7, 11) is 0. The second-order valence-corrected chi connectivity index (χ2v) is 23.9. The van der Waals surface area contributed by atoms with Gasteiger partial charge in [-0.3, -0.25) is 9.59 Å². The van der Waals surface area contributed by atoms with Crippen LogP contribution in [0.5, 0.6) is 0 Å². The molecule has 0 heterocycles. The molecule has 430 valence electrons. The van der Waals surface area contributed by atoms with Crippen molar-refractivity contribution in [3.8, 4) is 0 Å². The van der Waals surface area contributed by atoms with Gasteiger partial charge in [-0.1, -0.05) is 398 Å². The first-order valence-corrected chi connectivity index (χ1v) is 34.1. The summed E-state index contributed by atoms with van der Waals surface area (Å²) in [6, 6.07) is 0. The van der Waals surface area contributed by atoms with Crippen LogP contribution in [-0.4, -0.2) is 22.2 Å². The van der Waals surface area contributed by atoms with Crippen LogP contribution in [0.15, 0.2) is 0 Å². The topological polar surface area (TPSA) is 74.6 Å². The summed E-state index contributed by atoms with van der Waals surface area (Å²) in [5, 5.41) is 17.4. The standard InChI is InChI=1S/C68H134O4/c69-67(70)65-63-61-59-57-55-53-51-49-47-45-43-41-39-37-35-33-31-29-27-25-23-21-19-17-15-13-11-9-7-5-3-1-2-4-6-8-10-12-14-16-18-20-22-24-26-28-30-32-34-36-38-40-42-44-46-48-50-52-54-56-58-60-62-64-66-68(71)72/h1-66H2,(H,69,70)(H,71,72). The molecular weight excluding hydrogens is 881 g/mol. The zero-order chi connectivity index (χ0) is 51.8. The van der Waals surface area contributed by atoms with Gasteiger partial charge in [0.2, 0.25) is 0 Å². The Kier molecular flexibility index (Phi) is 65.1. The van der Waals surface area contributed by atoms with Gasteiger partial charge in [0.1, 0.15) is 0 Å². The van der Waals surface area contributed by atoms with Gasteiger partial charge in [-0.15, -0.1) is 0 Å². The summed E-state index contributed by atoms with van der Waals surface area (Å²) >= 11 is 0. The molecule has 0 rings (SSSR count). The van der Waals surface area contributed by atoms with Crippen LogP contribution in [0.4, 0.5) is 0 Å². The highest BCUT2D eigenvalue weighted by Gasteiger charge is 2.02. The fourth-order valence-corrected chi connectivity index (χ4v) is 11.5. The molecule has 2 N–H and O–H groups in total. The van der Waals surface area contributed by atoms with Gasteiger partial charge in [0.25, 0.3) is 0 Å². The number of aliphatic carboxylic acids is 2. The molecule has 4 heteroatoms. The maximum absolute atomic E-state index is 10.5. The number of hydrogen-bond donors (Lipinski definition) is 2. The lowest BCUT2D eigenvalue weighted by molar-refractivity contribution is -0.138. The van der Waals surface area contributed by atoms with Gasteiger partial charge in [0.15, 0.2) is 0 Å². The highest BCUT2D eigenvalue weighted by atomic mass is 16.4. The molecule has 0 saturated carbocycles. The fraction of sp³-hybridized carbons (Fsp3) is 0.971. The molecule has 0 aliphatic rings. The van der Waals surface area contributed by atoms with Crippen LogP contribution in [0.3, 0.4) is 0 Å². The first kappa shape index (κ1) is 70.9. The summed E-state index contributed by atoms with van der Waals surface area (Å²) in [4.78, 5) is 21.1. The molecule has 0 fully saturated rings. The number of carbonyl (C=O) groups is 2. The Morgan fingerprint density at radius 2 is 0.181 bits per heavy atom. The maximum atomic E-state index is 10.5. The van der Waals surface area contributed by atoms with Crippen molar-refractivity contribution in [1.82, 2.24) is 0 Å². The Morgan fingerprint density at radius 3 is 0.236 bits per heavy atom. The smallest absolute Gasteiger partial charge is 0.303 e. The molecule has 0 amide bonds. The van der Waals surface area contributed by atoms with E-state index < -0.39 is 11.9 Å². The third kappa shape index (κ3) is 68.9. The molecule has 0 aromatic heterocycles. The van der Waals surface area contributed by atoms with Crippen LogP contribution in [-0.2, 0) is 9.59 Å². The largest absolute Gasteiger partial charge is 0.481 e.